The van der Waals surface area contributed by atoms with E-state index in [1.165, 1.54) is 5.56 Å². The lowest BCUT2D eigenvalue weighted by atomic mass is 10.1. The lowest BCUT2D eigenvalue weighted by Crippen LogP contribution is -2.21. The summed E-state index contributed by atoms with van der Waals surface area (Å²) in [5.74, 6) is 0.209. The van der Waals surface area contributed by atoms with Crippen LogP contribution in [0.25, 0.3) is 0 Å². The molecule has 0 radical (unpaired) electrons. The van der Waals surface area contributed by atoms with E-state index in [2.05, 4.69) is 20.6 Å². The van der Waals surface area contributed by atoms with E-state index in [1.807, 2.05) is 30.3 Å². The molecule has 1 aliphatic heterocycles. The van der Waals surface area contributed by atoms with Crippen molar-refractivity contribution in [2.45, 2.75) is 25.4 Å². The van der Waals surface area contributed by atoms with Crippen LogP contribution in [0.1, 0.15) is 18.4 Å². The lowest BCUT2D eigenvalue weighted by Gasteiger charge is -2.13. The molecule has 138 valence electrons. The van der Waals surface area contributed by atoms with E-state index < -0.39 is 4.92 Å². The van der Waals surface area contributed by atoms with Crippen molar-refractivity contribution in [2.75, 3.05) is 36.1 Å². The Labute approximate surface area is 151 Å². The van der Waals surface area contributed by atoms with E-state index in [0.29, 0.717) is 19.7 Å². The second-order valence-corrected chi connectivity index (χ2v) is 6.07. The van der Waals surface area contributed by atoms with Gasteiger partial charge in [-0.05, 0) is 24.8 Å². The molecule has 0 aliphatic carbocycles. The van der Waals surface area contributed by atoms with Crippen LogP contribution in [-0.2, 0) is 11.2 Å². The zero-order valence-corrected chi connectivity index (χ0v) is 14.4. The van der Waals surface area contributed by atoms with Gasteiger partial charge in [-0.2, -0.15) is 9.97 Å². The fourth-order valence-corrected chi connectivity index (χ4v) is 2.83. The van der Waals surface area contributed by atoms with Crippen molar-refractivity contribution >= 4 is 23.3 Å². The molecule has 9 heteroatoms. The van der Waals surface area contributed by atoms with Crippen molar-refractivity contribution in [3.8, 4) is 0 Å². The predicted molar refractivity (Wildman–Crippen MR) is 99.2 cm³/mol. The Hall–Kier alpha value is -2.94. The van der Waals surface area contributed by atoms with Gasteiger partial charge in [0.2, 0.25) is 17.6 Å². The average Bonchev–Trinajstić information content (AvgIpc) is 3.14. The highest BCUT2D eigenvalue weighted by atomic mass is 16.6. The zero-order valence-electron chi connectivity index (χ0n) is 14.4. The number of rotatable bonds is 8. The molecule has 1 unspecified atom stereocenters. The quantitative estimate of drug-likeness (QED) is 0.484. The van der Waals surface area contributed by atoms with Gasteiger partial charge >= 0.3 is 5.69 Å². The molecule has 1 fully saturated rings. The lowest BCUT2D eigenvalue weighted by molar-refractivity contribution is -0.383. The van der Waals surface area contributed by atoms with Crippen LogP contribution in [0.15, 0.2) is 30.3 Å². The molecule has 2 aromatic rings. The van der Waals surface area contributed by atoms with Crippen LogP contribution in [0.3, 0.4) is 0 Å². The summed E-state index contributed by atoms with van der Waals surface area (Å²) in [5, 5.41) is 17.4. The normalized spacial score (nSPS) is 16.4. The maximum Gasteiger partial charge on any atom is 0.353 e. The monoisotopic (exact) mass is 358 g/mol. The maximum atomic E-state index is 11.3. The fourth-order valence-electron chi connectivity index (χ4n) is 2.83. The Kier molecular flexibility index (Phi) is 5.80. The Bertz CT molecular complexity index is 750. The van der Waals surface area contributed by atoms with E-state index in [-0.39, 0.29) is 29.4 Å². The number of benzene rings is 1. The van der Waals surface area contributed by atoms with E-state index in [9.17, 15) is 10.1 Å². The first-order valence-electron chi connectivity index (χ1n) is 8.58. The van der Waals surface area contributed by atoms with Gasteiger partial charge in [-0.25, -0.2) is 0 Å². The number of nitro groups is 1. The van der Waals surface area contributed by atoms with Gasteiger partial charge in [0, 0.05) is 19.7 Å². The molecule has 2 heterocycles. The standard InChI is InChI=1S/C17H22N6O3/c18-15-14(23(24)25)16(20-11-13-7-4-10-26-13)22-17(21-15)19-9-8-12-5-2-1-3-6-12/h1-3,5-6,13H,4,7-11H2,(H4,18,19,20,21,22). The first-order valence-corrected chi connectivity index (χ1v) is 8.58. The maximum absolute atomic E-state index is 11.3. The second kappa shape index (κ2) is 8.43. The molecule has 3 rings (SSSR count). The summed E-state index contributed by atoms with van der Waals surface area (Å²) in [7, 11) is 0. The highest BCUT2D eigenvalue weighted by Crippen LogP contribution is 2.29. The minimum Gasteiger partial charge on any atom is -0.378 e. The SMILES string of the molecule is Nc1nc(NCCc2ccccc2)nc(NCC2CCCO2)c1[N+](=O)[O-]. The van der Waals surface area contributed by atoms with Gasteiger partial charge in [0.05, 0.1) is 11.0 Å². The van der Waals surface area contributed by atoms with Gasteiger partial charge in [-0.15, -0.1) is 0 Å². The van der Waals surface area contributed by atoms with Crippen LogP contribution in [0.5, 0.6) is 0 Å². The molecule has 1 saturated heterocycles. The molecule has 4 N–H and O–H groups in total. The fraction of sp³-hybridized carbons (Fsp3) is 0.412. The molecule has 0 spiro atoms. The van der Waals surface area contributed by atoms with Gasteiger partial charge in [-0.1, -0.05) is 30.3 Å². The number of nitrogens with zero attached hydrogens (tertiary/aromatic N) is 3. The minimum absolute atomic E-state index is 0.0280. The third-order valence-corrected chi connectivity index (χ3v) is 4.15. The summed E-state index contributed by atoms with van der Waals surface area (Å²) in [6.45, 7) is 1.75. The van der Waals surface area contributed by atoms with E-state index in [4.69, 9.17) is 10.5 Å². The molecule has 9 nitrogen and oxygen atoms in total. The molecule has 0 saturated carbocycles. The highest BCUT2D eigenvalue weighted by molar-refractivity contribution is 5.69. The summed E-state index contributed by atoms with van der Waals surface area (Å²) in [6.07, 6.45) is 2.72. The molecular formula is C17H22N6O3. The van der Waals surface area contributed by atoms with Crippen molar-refractivity contribution in [3.63, 3.8) is 0 Å². The second-order valence-electron chi connectivity index (χ2n) is 6.07. The minimum atomic E-state index is -0.569. The third-order valence-electron chi connectivity index (χ3n) is 4.15. The predicted octanol–water partition coefficient (Wildman–Crippen LogP) is 2.21. The number of ether oxygens (including phenoxy) is 1. The van der Waals surface area contributed by atoms with Gasteiger partial charge < -0.3 is 21.1 Å². The van der Waals surface area contributed by atoms with Crippen LogP contribution in [0.2, 0.25) is 0 Å². The number of nitrogen functional groups attached to an aromatic ring is 1. The van der Waals surface area contributed by atoms with Crippen LogP contribution >= 0.6 is 0 Å². The van der Waals surface area contributed by atoms with Crippen LogP contribution < -0.4 is 16.4 Å². The Morgan fingerprint density at radius 1 is 1.27 bits per heavy atom. The summed E-state index contributed by atoms with van der Waals surface area (Å²) >= 11 is 0. The van der Waals surface area contributed by atoms with Crippen molar-refractivity contribution in [1.29, 1.82) is 0 Å². The zero-order chi connectivity index (χ0) is 18.4. The number of aromatic nitrogens is 2. The summed E-state index contributed by atoms with van der Waals surface area (Å²) in [6, 6.07) is 9.97. The number of hydrogen-bond acceptors (Lipinski definition) is 8. The largest absolute Gasteiger partial charge is 0.378 e. The van der Waals surface area contributed by atoms with Gasteiger partial charge in [0.15, 0.2) is 0 Å². The first-order chi connectivity index (χ1) is 12.6. The molecule has 1 aromatic heterocycles. The molecular weight excluding hydrogens is 336 g/mol. The average molecular weight is 358 g/mol. The van der Waals surface area contributed by atoms with E-state index in [0.717, 1.165) is 19.3 Å². The van der Waals surface area contributed by atoms with Gasteiger partial charge in [-0.3, -0.25) is 10.1 Å². The van der Waals surface area contributed by atoms with Crippen LogP contribution in [-0.4, -0.2) is 40.7 Å². The Balaban J connectivity index is 1.68. The van der Waals surface area contributed by atoms with Crippen LogP contribution in [0, 0.1) is 10.1 Å². The molecule has 1 aromatic carbocycles. The van der Waals surface area contributed by atoms with Crippen molar-refractivity contribution < 1.29 is 9.66 Å². The molecule has 0 bridgehead atoms. The molecule has 1 atom stereocenters. The third kappa shape index (κ3) is 4.57. The Morgan fingerprint density at radius 2 is 2.08 bits per heavy atom. The molecule has 1 aliphatic rings. The van der Waals surface area contributed by atoms with Crippen LogP contribution in [0.4, 0.5) is 23.3 Å². The Morgan fingerprint density at radius 3 is 2.77 bits per heavy atom. The van der Waals surface area contributed by atoms with Gasteiger partial charge in [0.1, 0.15) is 0 Å². The topological polar surface area (TPSA) is 128 Å². The van der Waals surface area contributed by atoms with E-state index in [1.54, 1.807) is 0 Å². The summed E-state index contributed by atoms with van der Waals surface area (Å²) < 4.78 is 5.53. The van der Waals surface area contributed by atoms with E-state index >= 15 is 0 Å². The smallest absolute Gasteiger partial charge is 0.353 e. The number of anilines is 3. The number of nitrogens with two attached hydrogens (primary N) is 1. The first kappa shape index (κ1) is 17.9. The van der Waals surface area contributed by atoms with Crippen molar-refractivity contribution in [3.05, 3.63) is 46.0 Å². The highest BCUT2D eigenvalue weighted by Gasteiger charge is 2.24. The molecule has 26 heavy (non-hydrogen) atoms. The van der Waals surface area contributed by atoms with Gasteiger partial charge in [0.25, 0.3) is 0 Å². The number of hydrogen-bond donors (Lipinski definition) is 3. The summed E-state index contributed by atoms with van der Waals surface area (Å²) in [5.41, 5.74) is 6.65. The number of nitrogens with one attached hydrogen (secondary N) is 2. The van der Waals surface area contributed by atoms with Crippen molar-refractivity contribution in [2.24, 2.45) is 0 Å². The summed E-state index contributed by atoms with van der Waals surface area (Å²) in [4.78, 5) is 19.0. The van der Waals surface area contributed by atoms with Crippen molar-refractivity contribution in [1.82, 2.24) is 9.97 Å². The molecule has 0 amide bonds.